The third kappa shape index (κ3) is 4.22. The molecule has 176 valence electrons. The van der Waals surface area contributed by atoms with Crippen LogP contribution >= 0.6 is 23.1 Å². The number of methoxy groups -OCH3 is 1. The van der Waals surface area contributed by atoms with Crippen molar-refractivity contribution >= 4 is 46.0 Å². The average molecular weight is 483 g/mol. The molecule has 9 nitrogen and oxygen atoms in total. The molecule has 2 aliphatic heterocycles. The molecule has 1 aromatic rings. The van der Waals surface area contributed by atoms with E-state index < -0.39 is 22.8 Å². The molecule has 1 aromatic heterocycles. The number of rotatable bonds is 7. The molecule has 2 saturated heterocycles. The molecule has 3 heterocycles. The number of aromatic nitrogens is 1. The van der Waals surface area contributed by atoms with E-state index in [1.807, 2.05) is 19.2 Å². The van der Waals surface area contributed by atoms with E-state index in [2.05, 4.69) is 10.3 Å². The van der Waals surface area contributed by atoms with E-state index in [-0.39, 0.29) is 29.2 Å². The van der Waals surface area contributed by atoms with Gasteiger partial charge in [0.25, 0.3) is 0 Å². The SMILES string of the molecule is CO[C@H]1CCC(CCC(=O)N[C@H]2C(=O)N3[C@@H]2SC(C)(C)[C@@H]3C(=O)O)[C@H](c2csc(N)n2)C1. The molecule has 1 unspecified atom stereocenters. The molecule has 4 N–H and O–H groups in total. The lowest BCUT2D eigenvalue weighted by atomic mass is 9.74. The van der Waals surface area contributed by atoms with E-state index in [1.165, 1.54) is 28.0 Å². The van der Waals surface area contributed by atoms with Crippen molar-refractivity contribution in [3.63, 3.8) is 0 Å². The van der Waals surface area contributed by atoms with E-state index in [9.17, 15) is 19.5 Å². The number of aliphatic carboxylic acids is 1. The molecule has 3 fully saturated rings. The lowest BCUT2D eigenvalue weighted by molar-refractivity contribution is -0.161. The van der Waals surface area contributed by atoms with Crippen molar-refractivity contribution < 1.29 is 24.2 Å². The van der Waals surface area contributed by atoms with Gasteiger partial charge in [0.05, 0.1) is 11.8 Å². The number of nitrogen functional groups attached to an aromatic ring is 1. The molecule has 1 saturated carbocycles. The molecule has 1 aliphatic carbocycles. The Bertz CT molecular complexity index is 907. The summed E-state index contributed by atoms with van der Waals surface area (Å²) in [6.45, 7) is 3.64. The molecule has 4 rings (SSSR count). The number of β-lactam (4-membered cyclic amide) rings is 1. The molecule has 0 bridgehead atoms. The minimum Gasteiger partial charge on any atom is -0.480 e. The summed E-state index contributed by atoms with van der Waals surface area (Å²) < 4.78 is 4.97. The number of carbonyl (C=O) groups excluding carboxylic acids is 2. The Hall–Kier alpha value is -1.85. The van der Waals surface area contributed by atoms with Crippen LogP contribution < -0.4 is 11.1 Å². The Labute approximate surface area is 195 Å². The number of hydrogen-bond acceptors (Lipinski definition) is 8. The lowest BCUT2D eigenvalue weighted by Crippen LogP contribution is -2.70. The number of carbonyl (C=O) groups is 3. The van der Waals surface area contributed by atoms with E-state index in [1.54, 1.807) is 7.11 Å². The Morgan fingerprint density at radius 3 is 2.78 bits per heavy atom. The third-order valence-corrected chi connectivity index (χ3v) is 9.20. The van der Waals surface area contributed by atoms with Crippen LogP contribution in [-0.2, 0) is 19.1 Å². The number of carboxylic acids is 1. The smallest absolute Gasteiger partial charge is 0.327 e. The number of amides is 2. The average Bonchev–Trinajstić information content (AvgIpc) is 3.28. The fourth-order valence-electron chi connectivity index (χ4n) is 5.30. The van der Waals surface area contributed by atoms with Crippen molar-refractivity contribution in [1.82, 2.24) is 15.2 Å². The topological polar surface area (TPSA) is 135 Å². The summed E-state index contributed by atoms with van der Waals surface area (Å²) in [7, 11) is 1.72. The first-order valence-corrected chi connectivity index (χ1v) is 12.6. The highest BCUT2D eigenvalue weighted by Gasteiger charge is 2.64. The van der Waals surface area contributed by atoms with Crippen LogP contribution in [0.25, 0.3) is 0 Å². The van der Waals surface area contributed by atoms with E-state index in [4.69, 9.17) is 10.5 Å². The van der Waals surface area contributed by atoms with Gasteiger partial charge in [-0.1, -0.05) is 0 Å². The van der Waals surface area contributed by atoms with Gasteiger partial charge >= 0.3 is 5.97 Å². The molecular weight excluding hydrogens is 452 g/mol. The summed E-state index contributed by atoms with van der Waals surface area (Å²) in [5.74, 6) is -1.02. The lowest BCUT2D eigenvalue weighted by Gasteiger charge is -2.43. The van der Waals surface area contributed by atoms with Crippen molar-refractivity contribution in [1.29, 1.82) is 0 Å². The van der Waals surface area contributed by atoms with E-state index >= 15 is 0 Å². The Morgan fingerprint density at radius 2 is 2.16 bits per heavy atom. The number of nitrogens with zero attached hydrogens (tertiary/aromatic N) is 2. The standard InChI is InChI=1S/C21H30N4O5S2/c1-21(2)16(19(28)29)25-17(27)15(18(25)32-21)24-14(26)7-5-10-4-6-11(30-3)8-12(10)13-9-31-20(22)23-13/h9-12,15-16,18H,4-8H2,1-3H3,(H2,22,23)(H,24,26)(H,28,29)/t10?,11-,12+,15-,16-,18+/m0/s1. The Morgan fingerprint density at radius 1 is 1.41 bits per heavy atom. The first-order chi connectivity index (χ1) is 15.1. The van der Waals surface area contributed by atoms with Gasteiger partial charge in [-0.25, -0.2) is 9.78 Å². The van der Waals surface area contributed by atoms with Gasteiger partial charge in [-0.05, 0) is 45.4 Å². The number of fused-ring (bicyclic) bond motifs is 1. The zero-order valence-electron chi connectivity index (χ0n) is 18.4. The molecule has 3 aliphatic rings. The first kappa shape index (κ1) is 23.3. The van der Waals surface area contributed by atoms with Gasteiger partial charge in [0.2, 0.25) is 11.8 Å². The van der Waals surface area contributed by atoms with Crippen LogP contribution in [0.2, 0.25) is 0 Å². The number of thioether (sulfide) groups is 1. The van der Waals surface area contributed by atoms with Crippen molar-refractivity contribution in [3.8, 4) is 0 Å². The van der Waals surface area contributed by atoms with Gasteiger partial charge in [0.15, 0.2) is 5.13 Å². The molecular formula is C21H30N4O5S2. The van der Waals surface area contributed by atoms with Gasteiger partial charge < -0.3 is 25.8 Å². The number of ether oxygens (including phenoxy) is 1. The highest BCUT2D eigenvalue weighted by molar-refractivity contribution is 8.01. The second-order valence-corrected chi connectivity index (χ2v) is 12.0. The molecule has 0 radical (unpaired) electrons. The number of anilines is 1. The number of carboxylic acid groups (broad SMARTS) is 1. The number of nitrogens with two attached hydrogens (primary N) is 1. The Kier molecular flexibility index (Phi) is 6.43. The van der Waals surface area contributed by atoms with E-state index in [0.29, 0.717) is 23.9 Å². The summed E-state index contributed by atoms with van der Waals surface area (Å²) in [5, 5.41) is 14.6. The van der Waals surface area contributed by atoms with Crippen molar-refractivity contribution in [2.45, 2.75) is 80.2 Å². The highest BCUT2D eigenvalue weighted by atomic mass is 32.2. The van der Waals surface area contributed by atoms with Crippen molar-refractivity contribution in [2.75, 3.05) is 12.8 Å². The summed E-state index contributed by atoms with van der Waals surface area (Å²) >= 11 is 2.86. The summed E-state index contributed by atoms with van der Waals surface area (Å²) in [5.41, 5.74) is 6.80. The predicted octanol–water partition coefficient (Wildman–Crippen LogP) is 2.04. The monoisotopic (exact) mass is 482 g/mol. The van der Waals surface area contributed by atoms with Crippen LogP contribution in [0, 0.1) is 5.92 Å². The minimum atomic E-state index is -1.01. The second-order valence-electron chi connectivity index (χ2n) is 9.33. The minimum absolute atomic E-state index is 0.175. The predicted molar refractivity (Wildman–Crippen MR) is 122 cm³/mol. The quantitative estimate of drug-likeness (QED) is 0.503. The molecule has 11 heteroatoms. The number of thiazole rings is 1. The summed E-state index contributed by atoms with van der Waals surface area (Å²) in [6, 6.07) is -1.53. The largest absolute Gasteiger partial charge is 0.480 e. The molecule has 6 atom stereocenters. The third-order valence-electron chi connectivity index (χ3n) is 6.93. The van der Waals surface area contributed by atoms with Crippen LogP contribution in [0.4, 0.5) is 5.13 Å². The fraction of sp³-hybridized carbons (Fsp3) is 0.714. The van der Waals surface area contributed by atoms with Crippen molar-refractivity contribution in [2.24, 2.45) is 5.92 Å². The summed E-state index contributed by atoms with van der Waals surface area (Å²) in [4.78, 5) is 42.8. The second kappa shape index (κ2) is 8.83. The maximum Gasteiger partial charge on any atom is 0.327 e. The van der Waals surface area contributed by atoms with Gasteiger partial charge in [0, 0.05) is 29.6 Å². The maximum atomic E-state index is 12.7. The van der Waals surface area contributed by atoms with Crippen molar-refractivity contribution in [3.05, 3.63) is 11.1 Å². The molecule has 0 aromatic carbocycles. The Balaban J connectivity index is 1.35. The van der Waals surface area contributed by atoms with Gasteiger partial charge in [0.1, 0.15) is 17.5 Å². The number of hydrogen-bond donors (Lipinski definition) is 3. The van der Waals surface area contributed by atoms with E-state index in [0.717, 1.165) is 25.0 Å². The van der Waals surface area contributed by atoms with Crippen LogP contribution in [-0.4, -0.2) is 68.2 Å². The van der Waals surface area contributed by atoms with Gasteiger partial charge in [-0.2, -0.15) is 0 Å². The first-order valence-electron chi connectivity index (χ1n) is 10.9. The number of nitrogens with one attached hydrogen (secondary N) is 1. The summed E-state index contributed by atoms with van der Waals surface area (Å²) in [6.07, 6.45) is 3.92. The fourth-order valence-corrected chi connectivity index (χ4v) is 7.55. The normalized spacial score (nSPS) is 33.5. The molecule has 2 amide bonds. The van der Waals surface area contributed by atoms with Gasteiger partial charge in [-0.15, -0.1) is 23.1 Å². The molecule has 32 heavy (non-hydrogen) atoms. The molecule has 0 spiro atoms. The van der Waals surface area contributed by atoms with Crippen LogP contribution in [0.3, 0.4) is 0 Å². The maximum absolute atomic E-state index is 12.7. The van der Waals surface area contributed by atoms with Gasteiger partial charge in [-0.3, -0.25) is 9.59 Å². The zero-order valence-corrected chi connectivity index (χ0v) is 20.1. The zero-order chi connectivity index (χ0) is 23.2. The van der Waals surface area contributed by atoms with Crippen LogP contribution in [0.1, 0.15) is 57.6 Å². The van der Waals surface area contributed by atoms with Crippen LogP contribution in [0.5, 0.6) is 0 Å². The van der Waals surface area contributed by atoms with Crippen LogP contribution in [0.15, 0.2) is 5.38 Å². The highest BCUT2D eigenvalue weighted by Crippen LogP contribution is 2.50.